The molecular formula is C13H18O. The molecule has 0 saturated heterocycles. The number of hydrogen-bond donors (Lipinski definition) is 1. The van der Waals surface area contributed by atoms with Gasteiger partial charge >= 0.3 is 0 Å². The second-order valence-electron chi connectivity index (χ2n) is 4.32. The van der Waals surface area contributed by atoms with Crippen molar-refractivity contribution < 1.29 is 5.11 Å². The van der Waals surface area contributed by atoms with Crippen molar-refractivity contribution in [3.05, 3.63) is 29.8 Å². The zero-order valence-electron chi connectivity index (χ0n) is 8.58. The lowest BCUT2D eigenvalue weighted by atomic mass is 9.98. The highest BCUT2D eigenvalue weighted by atomic mass is 16.3. The van der Waals surface area contributed by atoms with Crippen molar-refractivity contribution in [3.8, 4) is 5.75 Å². The van der Waals surface area contributed by atoms with Crippen molar-refractivity contribution >= 4 is 0 Å². The molecule has 0 aromatic heterocycles. The van der Waals surface area contributed by atoms with E-state index in [4.69, 9.17) is 0 Å². The van der Waals surface area contributed by atoms with Gasteiger partial charge in [0, 0.05) is 0 Å². The monoisotopic (exact) mass is 190 g/mol. The minimum Gasteiger partial charge on any atom is -0.508 e. The highest BCUT2D eigenvalue weighted by Gasteiger charge is 2.14. The summed E-state index contributed by atoms with van der Waals surface area (Å²) in [6, 6.07) is 7.70. The molecule has 1 aliphatic rings. The summed E-state index contributed by atoms with van der Waals surface area (Å²) < 4.78 is 0. The average Bonchev–Trinajstić information content (AvgIpc) is 2.69. The van der Waals surface area contributed by atoms with E-state index in [0.29, 0.717) is 5.75 Å². The Balaban J connectivity index is 1.88. The number of aryl methyl sites for hydroxylation is 1. The van der Waals surface area contributed by atoms with Crippen LogP contribution < -0.4 is 0 Å². The number of para-hydroxylation sites is 1. The lowest BCUT2D eigenvalue weighted by Crippen LogP contribution is -1.96. The van der Waals surface area contributed by atoms with E-state index in [1.807, 2.05) is 18.2 Å². The molecule has 0 radical (unpaired) electrons. The Morgan fingerprint density at radius 1 is 1.14 bits per heavy atom. The van der Waals surface area contributed by atoms with Crippen molar-refractivity contribution in [2.45, 2.75) is 38.5 Å². The Hall–Kier alpha value is -0.980. The van der Waals surface area contributed by atoms with E-state index < -0.39 is 0 Å². The Morgan fingerprint density at radius 3 is 2.57 bits per heavy atom. The molecule has 0 atom stereocenters. The number of aromatic hydroxyl groups is 1. The van der Waals surface area contributed by atoms with Crippen LogP contribution in [0.15, 0.2) is 24.3 Å². The van der Waals surface area contributed by atoms with Crippen molar-refractivity contribution in [2.75, 3.05) is 0 Å². The van der Waals surface area contributed by atoms with Gasteiger partial charge in [0.05, 0.1) is 0 Å². The van der Waals surface area contributed by atoms with Crippen LogP contribution in [0.5, 0.6) is 5.75 Å². The summed E-state index contributed by atoms with van der Waals surface area (Å²) in [5.74, 6) is 1.38. The van der Waals surface area contributed by atoms with E-state index in [2.05, 4.69) is 0 Å². The smallest absolute Gasteiger partial charge is 0.118 e. The first-order valence-corrected chi connectivity index (χ1v) is 5.63. The molecule has 14 heavy (non-hydrogen) atoms. The van der Waals surface area contributed by atoms with Crippen molar-refractivity contribution in [1.82, 2.24) is 0 Å². The van der Waals surface area contributed by atoms with Gasteiger partial charge in [0.1, 0.15) is 5.75 Å². The fraction of sp³-hybridized carbons (Fsp3) is 0.538. The molecule has 0 amide bonds. The van der Waals surface area contributed by atoms with Crippen LogP contribution in [0.3, 0.4) is 0 Å². The van der Waals surface area contributed by atoms with E-state index >= 15 is 0 Å². The van der Waals surface area contributed by atoms with Crippen molar-refractivity contribution in [1.29, 1.82) is 0 Å². The van der Waals surface area contributed by atoms with Gasteiger partial charge in [-0.1, -0.05) is 43.9 Å². The van der Waals surface area contributed by atoms with Gasteiger partial charge in [-0.2, -0.15) is 0 Å². The maximum atomic E-state index is 9.58. The third-order valence-electron chi connectivity index (χ3n) is 3.29. The second-order valence-corrected chi connectivity index (χ2v) is 4.32. The third kappa shape index (κ3) is 2.28. The summed E-state index contributed by atoms with van der Waals surface area (Å²) in [5.41, 5.74) is 1.11. The SMILES string of the molecule is Oc1ccccc1CCC1CCCC1. The van der Waals surface area contributed by atoms with Gasteiger partial charge in [0.25, 0.3) is 0 Å². The zero-order valence-corrected chi connectivity index (χ0v) is 8.58. The van der Waals surface area contributed by atoms with E-state index in [9.17, 15) is 5.11 Å². The van der Waals surface area contributed by atoms with Crippen LogP contribution in [0.2, 0.25) is 0 Å². The zero-order chi connectivity index (χ0) is 9.80. The van der Waals surface area contributed by atoms with E-state index in [1.54, 1.807) is 6.07 Å². The lowest BCUT2D eigenvalue weighted by Gasteiger charge is -2.09. The molecule has 0 aliphatic heterocycles. The van der Waals surface area contributed by atoms with Gasteiger partial charge in [-0.05, 0) is 30.4 Å². The van der Waals surface area contributed by atoms with Crippen molar-refractivity contribution in [3.63, 3.8) is 0 Å². The first kappa shape index (κ1) is 9.57. The molecular weight excluding hydrogens is 172 g/mol. The minimum absolute atomic E-state index is 0.463. The van der Waals surface area contributed by atoms with Crippen LogP contribution in [0.1, 0.15) is 37.7 Å². The minimum atomic E-state index is 0.463. The molecule has 1 aromatic rings. The van der Waals surface area contributed by atoms with Gasteiger partial charge < -0.3 is 5.11 Å². The highest BCUT2D eigenvalue weighted by Crippen LogP contribution is 2.29. The fourth-order valence-corrected chi connectivity index (χ4v) is 2.38. The molecule has 1 saturated carbocycles. The number of hydrogen-bond acceptors (Lipinski definition) is 1. The molecule has 0 heterocycles. The number of benzene rings is 1. The lowest BCUT2D eigenvalue weighted by molar-refractivity contribution is 0.456. The maximum absolute atomic E-state index is 9.58. The second kappa shape index (κ2) is 4.50. The summed E-state index contributed by atoms with van der Waals surface area (Å²) in [5, 5.41) is 9.58. The first-order chi connectivity index (χ1) is 6.86. The molecule has 1 fully saturated rings. The molecule has 0 unspecified atom stereocenters. The van der Waals surface area contributed by atoms with Gasteiger partial charge in [-0.3, -0.25) is 0 Å². The Bertz CT molecular complexity index is 287. The summed E-state index contributed by atoms with van der Waals surface area (Å²) in [6.45, 7) is 0. The van der Waals surface area contributed by atoms with Gasteiger partial charge in [-0.25, -0.2) is 0 Å². The molecule has 1 heteroatoms. The van der Waals surface area contributed by atoms with E-state index in [0.717, 1.165) is 17.9 Å². The summed E-state index contributed by atoms with van der Waals surface area (Å²) in [7, 11) is 0. The molecule has 0 spiro atoms. The van der Waals surface area contributed by atoms with Gasteiger partial charge in [-0.15, -0.1) is 0 Å². The maximum Gasteiger partial charge on any atom is 0.118 e. The molecule has 1 nitrogen and oxygen atoms in total. The van der Waals surface area contributed by atoms with Gasteiger partial charge in [0.15, 0.2) is 0 Å². The normalized spacial score (nSPS) is 17.4. The van der Waals surface area contributed by atoms with Crippen LogP contribution in [0.25, 0.3) is 0 Å². The molecule has 1 aliphatic carbocycles. The van der Waals surface area contributed by atoms with Crippen LogP contribution in [0.4, 0.5) is 0 Å². The Kier molecular flexibility index (Phi) is 3.07. The largest absolute Gasteiger partial charge is 0.508 e. The molecule has 1 aromatic carbocycles. The molecule has 76 valence electrons. The quantitative estimate of drug-likeness (QED) is 0.773. The van der Waals surface area contributed by atoms with Crippen LogP contribution in [-0.2, 0) is 6.42 Å². The van der Waals surface area contributed by atoms with E-state index in [1.165, 1.54) is 32.1 Å². The first-order valence-electron chi connectivity index (χ1n) is 5.63. The topological polar surface area (TPSA) is 20.2 Å². The van der Waals surface area contributed by atoms with Crippen LogP contribution in [-0.4, -0.2) is 5.11 Å². The number of phenolic OH excluding ortho intramolecular Hbond substituents is 1. The Labute approximate surface area is 85.8 Å². The summed E-state index contributed by atoms with van der Waals surface area (Å²) in [4.78, 5) is 0. The predicted molar refractivity (Wildman–Crippen MR) is 58.4 cm³/mol. The van der Waals surface area contributed by atoms with Crippen molar-refractivity contribution in [2.24, 2.45) is 5.92 Å². The highest BCUT2D eigenvalue weighted by molar-refractivity contribution is 5.31. The fourth-order valence-electron chi connectivity index (χ4n) is 2.38. The van der Waals surface area contributed by atoms with Crippen LogP contribution in [0, 0.1) is 5.92 Å². The molecule has 0 bridgehead atoms. The summed E-state index contributed by atoms with van der Waals surface area (Å²) >= 11 is 0. The molecule has 1 N–H and O–H groups in total. The summed E-state index contributed by atoms with van der Waals surface area (Å²) in [6.07, 6.45) is 7.90. The predicted octanol–water partition coefficient (Wildman–Crippen LogP) is 3.52. The van der Waals surface area contributed by atoms with Gasteiger partial charge in [0.2, 0.25) is 0 Å². The van der Waals surface area contributed by atoms with Crippen LogP contribution >= 0.6 is 0 Å². The average molecular weight is 190 g/mol. The van der Waals surface area contributed by atoms with E-state index in [-0.39, 0.29) is 0 Å². The standard InChI is InChI=1S/C13H18O/c14-13-8-4-3-7-12(13)10-9-11-5-1-2-6-11/h3-4,7-8,11,14H,1-2,5-6,9-10H2. The molecule has 2 rings (SSSR count). The number of phenols is 1. The number of rotatable bonds is 3. The third-order valence-corrected chi connectivity index (χ3v) is 3.29. The Morgan fingerprint density at radius 2 is 1.86 bits per heavy atom.